The highest BCUT2D eigenvalue weighted by atomic mass is 16.1. The summed E-state index contributed by atoms with van der Waals surface area (Å²) in [7, 11) is 0. The summed E-state index contributed by atoms with van der Waals surface area (Å²) in [6.45, 7) is 4.02. The van der Waals surface area contributed by atoms with Crippen molar-refractivity contribution in [2.75, 3.05) is 0 Å². The molecule has 0 saturated heterocycles. The lowest BCUT2D eigenvalue weighted by molar-refractivity contribution is -0.120. The molecule has 0 aromatic rings. The van der Waals surface area contributed by atoms with Gasteiger partial charge in [0.2, 0.25) is 5.91 Å². The van der Waals surface area contributed by atoms with Crippen LogP contribution in [-0.2, 0) is 4.79 Å². The lowest BCUT2D eigenvalue weighted by Crippen LogP contribution is -2.38. The predicted molar refractivity (Wildman–Crippen MR) is 33.6 cm³/mol. The van der Waals surface area contributed by atoms with Crippen LogP contribution < -0.4 is 5.32 Å². The third-order valence-corrected chi connectivity index (χ3v) is 0.498. The number of hydrogen-bond acceptors (Lipinski definition) is 1. The average Bonchev–Trinajstić information content (AvgIpc) is 1.60. The SMILES string of the molecule is [2H]C([2H])C(=O)NC(C)(C)C. The van der Waals surface area contributed by atoms with Crippen LogP contribution in [0.5, 0.6) is 0 Å². The van der Waals surface area contributed by atoms with Crippen molar-refractivity contribution in [1.29, 1.82) is 0 Å². The second-order valence-corrected chi connectivity index (χ2v) is 2.74. The second kappa shape index (κ2) is 2.16. The molecule has 0 aromatic carbocycles. The Morgan fingerprint density at radius 3 is 2.25 bits per heavy atom. The zero-order valence-electron chi connectivity index (χ0n) is 7.49. The first kappa shape index (κ1) is 4.36. The largest absolute Gasteiger partial charge is 0.352 e. The van der Waals surface area contributed by atoms with E-state index in [1.165, 1.54) is 0 Å². The topological polar surface area (TPSA) is 29.1 Å². The molecule has 0 aliphatic carbocycles. The predicted octanol–water partition coefficient (Wildman–Crippen LogP) is 0.921. The monoisotopic (exact) mass is 117 g/mol. The Labute approximate surface area is 53.1 Å². The standard InChI is InChI=1S/C6H13NO/c1-5(8)7-6(2,3)4/h1-4H3,(H,7,8)/i1D2. The minimum Gasteiger partial charge on any atom is -0.352 e. The van der Waals surface area contributed by atoms with Crippen LogP contribution in [0.3, 0.4) is 0 Å². The molecule has 0 radical (unpaired) electrons. The highest BCUT2D eigenvalue weighted by Crippen LogP contribution is 1.96. The van der Waals surface area contributed by atoms with Gasteiger partial charge in [-0.1, -0.05) is 0 Å². The molecule has 0 saturated carbocycles. The van der Waals surface area contributed by atoms with Gasteiger partial charge in [0.1, 0.15) is 0 Å². The molecule has 1 N–H and O–H groups in total. The molecular formula is C6H13NO. The molecule has 1 amide bonds. The van der Waals surface area contributed by atoms with Gasteiger partial charge >= 0.3 is 0 Å². The number of carbonyl (C=O) groups is 1. The summed E-state index contributed by atoms with van der Waals surface area (Å²) in [5.41, 5.74) is -0.336. The van der Waals surface area contributed by atoms with Gasteiger partial charge in [-0.25, -0.2) is 0 Å². The van der Waals surface area contributed by atoms with Crippen molar-refractivity contribution in [2.24, 2.45) is 0 Å². The van der Waals surface area contributed by atoms with Crippen LogP contribution in [0.2, 0.25) is 0 Å². The van der Waals surface area contributed by atoms with Crippen LogP contribution >= 0.6 is 0 Å². The molecular weight excluding hydrogens is 102 g/mol. The molecule has 0 fully saturated rings. The van der Waals surface area contributed by atoms with Crippen molar-refractivity contribution < 1.29 is 7.54 Å². The molecule has 0 aromatic heterocycles. The first-order chi connectivity index (χ1) is 4.33. The van der Waals surface area contributed by atoms with Crippen LogP contribution in [0.1, 0.15) is 30.4 Å². The second-order valence-electron chi connectivity index (χ2n) is 2.74. The summed E-state index contributed by atoms with van der Waals surface area (Å²) in [5, 5.41) is 2.50. The molecule has 0 unspecified atom stereocenters. The summed E-state index contributed by atoms with van der Waals surface area (Å²) < 4.78 is 13.4. The molecule has 2 nitrogen and oxygen atoms in total. The van der Waals surface area contributed by atoms with E-state index in [1.54, 1.807) is 0 Å². The van der Waals surface area contributed by atoms with E-state index in [4.69, 9.17) is 2.74 Å². The number of rotatable bonds is 0. The summed E-state index contributed by atoms with van der Waals surface area (Å²) in [4.78, 5) is 10.7. The zero-order valence-corrected chi connectivity index (χ0v) is 5.49. The van der Waals surface area contributed by atoms with Crippen LogP contribution in [0.15, 0.2) is 0 Å². The Bertz CT molecular complexity index is 128. The Morgan fingerprint density at radius 2 is 2.12 bits per heavy atom. The van der Waals surface area contributed by atoms with E-state index >= 15 is 0 Å². The van der Waals surface area contributed by atoms with E-state index in [0.717, 1.165) is 0 Å². The average molecular weight is 117 g/mol. The summed E-state index contributed by atoms with van der Waals surface area (Å²) >= 11 is 0. The maximum atomic E-state index is 10.7. The molecule has 48 valence electrons. The highest BCUT2D eigenvalue weighted by Gasteiger charge is 2.08. The Hall–Kier alpha value is -0.530. The third-order valence-electron chi connectivity index (χ3n) is 0.498. The Balaban J connectivity index is 3.81. The summed E-state index contributed by atoms with van der Waals surface area (Å²) in [6.07, 6.45) is 0. The van der Waals surface area contributed by atoms with Crippen LogP contribution in [-0.4, -0.2) is 11.4 Å². The van der Waals surface area contributed by atoms with Crippen molar-refractivity contribution in [3.63, 3.8) is 0 Å². The maximum Gasteiger partial charge on any atom is 0.217 e. The first-order valence-corrected chi connectivity index (χ1v) is 2.49. The van der Waals surface area contributed by atoms with Gasteiger partial charge in [0.25, 0.3) is 0 Å². The quantitative estimate of drug-likeness (QED) is 0.502. The highest BCUT2D eigenvalue weighted by molar-refractivity contribution is 5.73. The Morgan fingerprint density at radius 1 is 1.62 bits per heavy atom. The minimum atomic E-state index is -1.42. The molecule has 8 heavy (non-hydrogen) atoms. The summed E-state index contributed by atoms with van der Waals surface area (Å²) in [6, 6.07) is 0. The lowest BCUT2D eigenvalue weighted by atomic mass is 10.1. The fourth-order valence-electron chi connectivity index (χ4n) is 0.370. The van der Waals surface area contributed by atoms with Crippen molar-refractivity contribution >= 4 is 5.91 Å². The summed E-state index contributed by atoms with van der Waals surface area (Å²) in [5.74, 6) is -0.549. The fraction of sp³-hybridized carbons (Fsp3) is 0.833. The van der Waals surface area contributed by atoms with Gasteiger partial charge in [-0.2, -0.15) is 0 Å². The number of amides is 1. The van der Waals surface area contributed by atoms with Gasteiger partial charge in [-0.05, 0) is 20.8 Å². The van der Waals surface area contributed by atoms with Crippen LogP contribution in [0, 0.1) is 0 Å². The van der Waals surface area contributed by atoms with Crippen molar-refractivity contribution in [1.82, 2.24) is 5.32 Å². The molecule has 0 aliphatic heterocycles. The molecule has 0 rings (SSSR count). The molecule has 0 aliphatic rings. The van der Waals surface area contributed by atoms with E-state index in [0.29, 0.717) is 0 Å². The fourth-order valence-corrected chi connectivity index (χ4v) is 0.370. The van der Waals surface area contributed by atoms with Gasteiger partial charge < -0.3 is 5.32 Å². The zero-order chi connectivity index (χ0) is 8.36. The van der Waals surface area contributed by atoms with Gasteiger partial charge in [0.15, 0.2) is 0 Å². The van der Waals surface area contributed by atoms with Crippen molar-refractivity contribution in [3.05, 3.63) is 0 Å². The molecule has 0 spiro atoms. The molecule has 2 heteroatoms. The minimum absolute atomic E-state index is 0.336. The smallest absolute Gasteiger partial charge is 0.217 e. The van der Waals surface area contributed by atoms with Gasteiger partial charge in [0.05, 0.1) is 0 Å². The number of hydrogen-bond donors (Lipinski definition) is 1. The third kappa shape index (κ3) is 5.47. The van der Waals surface area contributed by atoms with Gasteiger partial charge in [0, 0.05) is 15.2 Å². The van der Waals surface area contributed by atoms with E-state index in [9.17, 15) is 4.79 Å². The maximum absolute atomic E-state index is 10.7. The molecule has 0 bridgehead atoms. The van der Waals surface area contributed by atoms with E-state index in [-0.39, 0.29) is 5.54 Å². The lowest BCUT2D eigenvalue weighted by Gasteiger charge is -2.18. The van der Waals surface area contributed by atoms with E-state index in [1.807, 2.05) is 20.8 Å². The Kier molecular flexibility index (Phi) is 1.18. The normalized spacial score (nSPS) is 15.0. The van der Waals surface area contributed by atoms with Gasteiger partial charge in [-0.3, -0.25) is 4.79 Å². The van der Waals surface area contributed by atoms with Crippen molar-refractivity contribution in [2.45, 2.75) is 33.2 Å². The van der Waals surface area contributed by atoms with Crippen LogP contribution in [0.4, 0.5) is 0 Å². The van der Waals surface area contributed by atoms with E-state index in [2.05, 4.69) is 5.32 Å². The number of carbonyl (C=O) groups excluding carboxylic acids is 1. The van der Waals surface area contributed by atoms with Gasteiger partial charge in [-0.15, -0.1) is 0 Å². The first-order valence-electron chi connectivity index (χ1n) is 3.65. The number of nitrogens with one attached hydrogen (secondary N) is 1. The van der Waals surface area contributed by atoms with Crippen molar-refractivity contribution in [3.8, 4) is 0 Å². The van der Waals surface area contributed by atoms with Crippen LogP contribution in [0.25, 0.3) is 0 Å². The van der Waals surface area contributed by atoms with E-state index < -0.39 is 12.8 Å². The molecule has 0 atom stereocenters. The molecule has 0 heterocycles.